The van der Waals surface area contributed by atoms with E-state index in [0.717, 1.165) is 31.8 Å². The summed E-state index contributed by atoms with van der Waals surface area (Å²) in [4.78, 5) is 8.05. The van der Waals surface area contributed by atoms with Gasteiger partial charge in [-0.25, -0.2) is 4.98 Å². The van der Waals surface area contributed by atoms with Gasteiger partial charge in [-0.05, 0) is 26.0 Å². The molecule has 2 rings (SSSR count). The molecule has 1 fully saturated rings. The van der Waals surface area contributed by atoms with Gasteiger partial charge in [-0.3, -0.25) is 4.90 Å². The minimum absolute atomic E-state index is 0.181. The van der Waals surface area contributed by atoms with E-state index in [0.29, 0.717) is 12.4 Å². The molecule has 1 aromatic heterocycles. The van der Waals surface area contributed by atoms with Crippen molar-refractivity contribution in [3.63, 3.8) is 0 Å². The molecule has 1 aromatic rings. The Balaban J connectivity index is 1.93. The molecule has 1 aliphatic heterocycles. The Kier molecular flexibility index (Phi) is 5.28. The lowest BCUT2D eigenvalue weighted by Crippen LogP contribution is -2.47. The van der Waals surface area contributed by atoms with Crippen LogP contribution < -0.4 is 4.90 Å². The Morgan fingerprint density at radius 1 is 1.32 bits per heavy atom. The molecule has 2 atom stereocenters. The van der Waals surface area contributed by atoms with Crippen LogP contribution in [-0.2, 0) is 10.9 Å². The van der Waals surface area contributed by atoms with Crippen molar-refractivity contribution in [2.24, 2.45) is 0 Å². The molecule has 22 heavy (non-hydrogen) atoms. The molecular weight excluding hydrogens is 295 g/mol. The molecule has 0 aliphatic carbocycles. The summed E-state index contributed by atoms with van der Waals surface area (Å²) >= 11 is 0. The highest BCUT2D eigenvalue weighted by molar-refractivity contribution is 5.40. The van der Waals surface area contributed by atoms with Gasteiger partial charge in [-0.2, -0.15) is 13.2 Å². The van der Waals surface area contributed by atoms with Crippen LogP contribution in [0.15, 0.2) is 18.3 Å². The van der Waals surface area contributed by atoms with Crippen LogP contribution in [0, 0.1) is 0 Å². The fourth-order valence-electron chi connectivity index (χ4n) is 2.68. The summed E-state index contributed by atoms with van der Waals surface area (Å²) in [6, 6.07) is 2.08. The van der Waals surface area contributed by atoms with E-state index in [4.69, 9.17) is 4.74 Å². The number of likely N-dealkylation sites (N-methyl/N-ethyl adjacent to an activating group) is 1. The number of pyridine rings is 1. The first-order chi connectivity index (χ1) is 10.3. The number of anilines is 1. The topological polar surface area (TPSA) is 28.6 Å². The Hall–Kier alpha value is -1.34. The van der Waals surface area contributed by atoms with Gasteiger partial charge < -0.3 is 9.64 Å². The summed E-state index contributed by atoms with van der Waals surface area (Å²) in [6.07, 6.45) is -2.78. The highest BCUT2D eigenvalue weighted by atomic mass is 19.4. The van der Waals surface area contributed by atoms with Crippen molar-refractivity contribution in [3.8, 4) is 0 Å². The largest absolute Gasteiger partial charge is 0.416 e. The second-order valence-corrected chi connectivity index (χ2v) is 5.84. The number of halogens is 3. The molecule has 0 aromatic carbocycles. The summed E-state index contributed by atoms with van der Waals surface area (Å²) in [5, 5.41) is 0. The maximum absolute atomic E-state index is 12.7. The van der Waals surface area contributed by atoms with Gasteiger partial charge >= 0.3 is 6.18 Å². The second-order valence-electron chi connectivity index (χ2n) is 5.84. The molecule has 124 valence electrons. The van der Waals surface area contributed by atoms with Crippen molar-refractivity contribution in [1.29, 1.82) is 0 Å². The standard InChI is InChI=1S/C15H22F3N3O/c1-11-9-21(10-12(2)22-11)7-6-20(3)14-8-13(4-5-19-14)15(16,17)18/h4-5,8,11-12H,6-7,9-10H2,1-3H3/t11-,12+. The Morgan fingerprint density at radius 3 is 2.55 bits per heavy atom. The highest BCUT2D eigenvalue weighted by Crippen LogP contribution is 2.30. The first kappa shape index (κ1) is 17.0. The van der Waals surface area contributed by atoms with E-state index >= 15 is 0 Å². The van der Waals surface area contributed by atoms with Gasteiger partial charge in [-0.1, -0.05) is 0 Å². The van der Waals surface area contributed by atoms with Crippen molar-refractivity contribution in [1.82, 2.24) is 9.88 Å². The quantitative estimate of drug-likeness (QED) is 0.853. The summed E-state index contributed by atoms with van der Waals surface area (Å²) in [5.41, 5.74) is -0.669. The number of hydrogen-bond acceptors (Lipinski definition) is 4. The van der Waals surface area contributed by atoms with E-state index in [2.05, 4.69) is 9.88 Å². The molecule has 0 unspecified atom stereocenters. The third-order valence-electron chi connectivity index (χ3n) is 3.71. The van der Waals surface area contributed by atoms with Gasteiger partial charge in [-0.15, -0.1) is 0 Å². The zero-order chi connectivity index (χ0) is 16.3. The number of morpholine rings is 1. The normalized spacial score (nSPS) is 23.5. The Labute approximate surface area is 128 Å². The molecule has 0 saturated carbocycles. The molecule has 2 heterocycles. The zero-order valence-electron chi connectivity index (χ0n) is 13.1. The van der Waals surface area contributed by atoms with Crippen LogP contribution in [-0.4, -0.2) is 55.3 Å². The smallest absolute Gasteiger partial charge is 0.373 e. The lowest BCUT2D eigenvalue weighted by atomic mass is 10.2. The fraction of sp³-hybridized carbons (Fsp3) is 0.667. The van der Waals surface area contributed by atoms with Crippen molar-refractivity contribution in [2.75, 3.05) is 38.1 Å². The molecule has 4 nitrogen and oxygen atoms in total. The van der Waals surface area contributed by atoms with Crippen molar-refractivity contribution in [3.05, 3.63) is 23.9 Å². The lowest BCUT2D eigenvalue weighted by Gasteiger charge is -2.36. The minimum atomic E-state index is -4.34. The number of hydrogen-bond donors (Lipinski definition) is 0. The van der Waals surface area contributed by atoms with Gasteiger partial charge in [0.2, 0.25) is 0 Å². The Bertz CT molecular complexity index is 485. The second kappa shape index (κ2) is 6.83. The van der Waals surface area contributed by atoms with Crippen LogP contribution in [0.25, 0.3) is 0 Å². The number of aromatic nitrogens is 1. The third kappa shape index (κ3) is 4.58. The molecule has 1 saturated heterocycles. The van der Waals surface area contributed by atoms with E-state index in [-0.39, 0.29) is 12.2 Å². The maximum Gasteiger partial charge on any atom is 0.416 e. The molecule has 7 heteroatoms. The van der Waals surface area contributed by atoms with E-state index in [1.807, 2.05) is 13.8 Å². The van der Waals surface area contributed by atoms with Crippen LogP contribution in [0.1, 0.15) is 19.4 Å². The lowest BCUT2D eigenvalue weighted by molar-refractivity contribution is -0.137. The molecule has 0 amide bonds. The van der Waals surface area contributed by atoms with Gasteiger partial charge in [0, 0.05) is 39.4 Å². The van der Waals surface area contributed by atoms with Gasteiger partial charge in [0.1, 0.15) is 5.82 Å². The summed E-state index contributed by atoms with van der Waals surface area (Å²) < 4.78 is 43.8. The summed E-state index contributed by atoms with van der Waals surface area (Å²) in [6.45, 7) is 7.13. The fourth-order valence-corrected chi connectivity index (χ4v) is 2.68. The van der Waals surface area contributed by atoms with Crippen molar-refractivity contribution >= 4 is 5.82 Å². The average molecular weight is 317 g/mol. The molecule has 0 bridgehead atoms. The Morgan fingerprint density at radius 2 is 1.95 bits per heavy atom. The minimum Gasteiger partial charge on any atom is -0.373 e. The molecular formula is C15H22F3N3O. The van der Waals surface area contributed by atoms with E-state index < -0.39 is 11.7 Å². The number of alkyl halides is 3. The van der Waals surface area contributed by atoms with Gasteiger partial charge in [0.05, 0.1) is 17.8 Å². The van der Waals surface area contributed by atoms with E-state index in [9.17, 15) is 13.2 Å². The predicted molar refractivity (Wildman–Crippen MR) is 79.0 cm³/mol. The van der Waals surface area contributed by atoms with Crippen LogP contribution in [0.3, 0.4) is 0 Å². The average Bonchev–Trinajstić information content (AvgIpc) is 2.43. The highest BCUT2D eigenvalue weighted by Gasteiger charge is 2.31. The van der Waals surface area contributed by atoms with Crippen LogP contribution in [0.5, 0.6) is 0 Å². The third-order valence-corrected chi connectivity index (χ3v) is 3.71. The van der Waals surface area contributed by atoms with Crippen LogP contribution in [0.4, 0.5) is 19.0 Å². The maximum atomic E-state index is 12.7. The van der Waals surface area contributed by atoms with Crippen molar-refractivity contribution < 1.29 is 17.9 Å². The summed E-state index contributed by atoms with van der Waals surface area (Å²) in [7, 11) is 1.76. The SMILES string of the molecule is C[C@@H]1CN(CCN(C)c2cc(C(F)(F)F)ccn2)C[C@H](C)O1. The summed E-state index contributed by atoms with van der Waals surface area (Å²) in [5.74, 6) is 0.337. The number of nitrogens with zero attached hydrogens (tertiary/aromatic N) is 3. The van der Waals surface area contributed by atoms with E-state index in [1.54, 1.807) is 11.9 Å². The first-order valence-corrected chi connectivity index (χ1v) is 7.38. The monoisotopic (exact) mass is 317 g/mol. The first-order valence-electron chi connectivity index (χ1n) is 7.38. The van der Waals surface area contributed by atoms with Crippen LogP contribution in [0.2, 0.25) is 0 Å². The molecule has 0 spiro atoms. The predicted octanol–water partition coefficient (Wildman–Crippen LogP) is 2.65. The molecule has 0 radical (unpaired) electrons. The molecule has 1 aliphatic rings. The van der Waals surface area contributed by atoms with Gasteiger partial charge in [0.25, 0.3) is 0 Å². The van der Waals surface area contributed by atoms with Crippen LogP contribution >= 0.6 is 0 Å². The number of rotatable bonds is 4. The van der Waals surface area contributed by atoms with E-state index in [1.165, 1.54) is 6.20 Å². The number of ether oxygens (including phenoxy) is 1. The van der Waals surface area contributed by atoms with Crippen molar-refractivity contribution in [2.45, 2.75) is 32.2 Å². The van der Waals surface area contributed by atoms with Gasteiger partial charge in [0.15, 0.2) is 0 Å². The zero-order valence-corrected chi connectivity index (χ0v) is 13.1. The molecule has 0 N–H and O–H groups in total.